The Balaban J connectivity index is 2.70. The van der Waals surface area contributed by atoms with Crippen LogP contribution in [0, 0.1) is 0 Å². The van der Waals surface area contributed by atoms with Gasteiger partial charge in [-0.15, -0.1) is 0 Å². The van der Waals surface area contributed by atoms with Gasteiger partial charge >= 0.3 is 18.2 Å². The molecule has 4 N–H and O–H groups in total. The first-order valence-electron chi connectivity index (χ1n) is 11.7. The van der Waals surface area contributed by atoms with Crippen molar-refractivity contribution in [2.45, 2.75) is 90.5 Å². The van der Waals surface area contributed by atoms with Crippen LogP contribution in [0.3, 0.4) is 0 Å². The highest BCUT2D eigenvalue weighted by Gasteiger charge is 2.28. The second-order valence-corrected chi connectivity index (χ2v) is 10.2. The number of benzene rings is 1. The minimum absolute atomic E-state index is 0.154. The molecule has 0 unspecified atom stereocenters. The van der Waals surface area contributed by atoms with Crippen molar-refractivity contribution in [1.29, 1.82) is 0 Å². The predicted octanol–water partition coefficient (Wildman–Crippen LogP) is 3.39. The summed E-state index contributed by atoms with van der Waals surface area (Å²) < 4.78 is 10.4. The van der Waals surface area contributed by atoms with Crippen LogP contribution in [0.15, 0.2) is 30.3 Å². The third-order valence-electron chi connectivity index (χ3n) is 4.49. The third kappa shape index (κ3) is 13.9. The lowest BCUT2D eigenvalue weighted by atomic mass is 10.0. The molecular formula is C25H39N3O7. The fourth-order valence-electron chi connectivity index (χ4n) is 3.02. The molecule has 0 heterocycles. The standard InChI is InChI=1S/C25H39N3O7/c1-24(2,3)34-22(32)26-15-11-10-14-18(21(30)31)27-20(29)19(16-17-12-8-7-9-13-17)28-23(33)35-25(4,5)6/h7-9,12-13,18-19H,10-11,14-16H2,1-6H3,(H,26,32)(H,27,29)(H,28,33)(H,30,31)/t18-,19-/m1/s1. The van der Waals surface area contributed by atoms with E-state index in [0.29, 0.717) is 19.4 Å². The van der Waals surface area contributed by atoms with Crippen LogP contribution in [0.25, 0.3) is 0 Å². The van der Waals surface area contributed by atoms with E-state index in [1.807, 2.05) is 30.3 Å². The average Bonchev–Trinajstić information content (AvgIpc) is 2.70. The molecule has 0 saturated heterocycles. The van der Waals surface area contributed by atoms with Gasteiger partial charge in [0.1, 0.15) is 23.3 Å². The summed E-state index contributed by atoms with van der Waals surface area (Å²) in [5, 5.41) is 17.3. The molecule has 0 fully saturated rings. The minimum Gasteiger partial charge on any atom is -0.480 e. The fraction of sp³-hybridized carbons (Fsp3) is 0.600. The van der Waals surface area contributed by atoms with E-state index in [1.54, 1.807) is 41.5 Å². The van der Waals surface area contributed by atoms with E-state index in [1.165, 1.54) is 0 Å². The predicted molar refractivity (Wildman–Crippen MR) is 131 cm³/mol. The lowest BCUT2D eigenvalue weighted by molar-refractivity contribution is -0.142. The van der Waals surface area contributed by atoms with Gasteiger partial charge in [-0.05, 0) is 66.4 Å². The Morgan fingerprint density at radius 3 is 1.94 bits per heavy atom. The van der Waals surface area contributed by atoms with E-state index >= 15 is 0 Å². The number of carbonyl (C=O) groups excluding carboxylic acids is 3. The number of alkyl carbamates (subject to hydrolysis) is 2. The van der Waals surface area contributed by atoms with Crippen molar-refractivity contribution in [3.63, 3.8) is 0 Å². The Morgan fingerprint density at radius 1 is 0.829 bits per heavy atom. The largest absolute Gasteiger partial charge is 0.480 e. The molecule has 10 heteroatoms. The van der Waals surface area contributed by atoms with Crippen LogP contribution in [-0.4, -0.2) is 59.0 Å². The number of rotatable bonds is 11. The first-order chi connectivity index (χ1) is 16.2. The maximum absolute atomic E-state index is 13.0. The van der Waals surface area contributed by atoms with E-state index in [4.69, 9.17) is 9.47 Å². The van der Waals surface area contributed by atoms with Gasteiger partial charge in [0, 0.05) is 13.0 Å². The maximum Gasteiger partial charge on any atom is 0.408 e. The molecule has 3 amide bonds. The quantitative estimate of drug-likeness (QED) is 0.346. The number of hydrogen-bond acceptors (Lipinski definition) is 6. The van der Waals surface area contributed by atoms with Gasteiger partial charge in [0.15, 0.2) is 0 Å². The second kappa shape index (κ2) is 13.6. The SMILES string of the molecule is CC(C)(C)OC(=O)NCCCC[C@@H](NC(=O)[C@@H](Cc1ccccc1)NC(=O)OC(C)(C)C)C(=O)O. The zero-order valence-electron chi connectivity index (χ0n) is 21.5. The summed E-state index contributed by atoms with van der Waals surface area (Å²) in [4.78, 5) is 48.7. The molecule has 0 aliphatic carbocycles. The monoisotopic (exact) mass is 493 g/mol. The molecule has 0 aliphatic heterocycles. The normalized spacial score (nSPS) is 13.2. The molecule has 0 aliphatic rings. The topological polar surface area (TPSA) is 143 Å². The fourth-order valence-corrected chi connectivity index (χ4v) is 3.02. The van der Waals surface area contributed by atoms with Gasteiger partial charge < -0.3 is 30.5 Å². The molecule has 1 aromatic carbocycles. The minimum atomic E-state index is -1.19. The summed E-state index contributed by atoms with van der Waals surface area (Å²) in [7, 11) is 0. The lowest BCUT2D eigenvalue weighted by Crippen LogP contribution is -2.53. The van der Waals surface area contributed by atoms with Gasteiger partial charge in [0.2, 0.25) is 5.91 Å². The molecule has 0 bridgehead atoms. The highest BCUT2D eigenvalue weighted by molar-refractivity contribution is 5.89. The number of amides is 3. The summed E-state index contributed by atoms with van der Waals surface area (Å²) in [5.41, 5.74) is -0.565. The van der Waals surface area contributed by atoms with Gasteiger partial charge in [-0.3, -0.25) is 4.79 Å². The van der Waals surface area contributed by atoms with E-state index < -0.39 is 47.3 Å². The summed E-state index contributed by atoms with van der Waals surface area (Å²) in [6.07, 6.45) is -0.0518. The summed E-state index contributed by atoms with van der Waals surface area (Å²) in [6, 6.07) is 6.89. The molecule has 0 aromatic heterocycles. The molecule has 0 spiro atoms. The van der Waals surface area contributed by atoms with Gasteiger partial charge in [0.25, 0.3) is 0 Å². The molecule has 2 atom stereocenters. The Labute approximate surface area is 207 Å². The Hall–Kier alpha value is -3.30. The highest BCUT2D eigenvalue weighted by atomic mass is 16.6. The smallest absolute Gasteiger partial charge is 0.408 e. The number of carboxylic acid groups (broad SMARTS) is 1. The third-order valence-corrected chi connectivity index (χ3v) is 4.49. The zero-order valence-corrected chi connectivity index (χ0v) is 21.5. The highest BCUT2D eigenvalue weighted by Crippen LogP contribution is 2.10. The number of unbranched alkanes of at least 4 members (excludes halogenated alkanes) is 1. The van der Waals surface area contributed by atoms with Gasteiger partial charge in [-0.1, -0.05) is 30.3 Å². The van der Waals surface area contributed by atoms with Crippen LogP contribution < -0.4 is 16.0 Å². The van der Waals surface area contributed by atoms with Crippen molar-refractivity contribution in [3.05, 3.63) is 35.9 Å². The van der Waals surface area contributed by atoms with Crippen LogP contribution in [0.5, 0.6) is 0 Å². The van der Waals surface area contributed by atoms with Crippen LogP contribution in [0.4, 0.5) is 9.59 Å². The van der Waals surface area contributed by atoms with Crippen molar-refractivity contribution in [3.8, 4) is 0 Å². The Kier molecular flexibility index (Phi) is 11.5. The first-order valence-corrected chi connectivity index (χ1v) is 11.7. The average molecular weight is 494 g/mol. The van der Waals surface area contributed by atoms with E-state index in [0.717, 1.165) is 5.56 Å². The van der Waals surface area contributed by atoms with Crippen LogP contribution in [-0.2, 0) is 25.5 Å². The first kappa shape index (κ1) is 29.7. The summed E-state index contributed by atoms with van der Waals surface area (Å²) >= 11 is 0. The number of carboxylic acids is 1. The molecule has 0 saturated carbocycles. The Morgan fingerprint density at radius 2 is 1.40 bits per heavy atom. The van der Waals surface area contributed by atoms with E-state index in [9.17, 15) is 24.3 Å². The van der Waals surface area contributed by atoms with Crippen molar-refractivity contribution in [1.82, 2.24) is 16.0 Å². The number of hydrogen-bond donors (Lipinski definition) is 4. The van der Waals surface area contributed by atoms with Crippen LogP contribution in [0.1, 0.15) is 66.4 Å². The molecule has 35 heavy (non-hydrogen) atoms. The number of aliphatic carboxylic acids is 1. The molecular weight excluding hydrogens is 454 g/mol. The number of ether oxygens (including phenoxy) is 2. The van der Waals surface area contributed by atoms with Crippen molar-refractivity contribution >= 4 is 24.1 Å². The zero-order chi connectivity index (χ0) is 26.6. The van der Waals surface area contributed by atoms with Crippen LogP contribution in [0.2, 0.25) is 0 Å². The number of nitrogens with one attached hydrogen (secondary N) is 3. The molecule has 0 radical (unpaired) electrons. The molecule has 10 nitrogen and oxygen atoms in total. The van der Waals surface area contributed by atoms with Gasteiger partial charge in [-0.2, -0.15) is 0 Å². The lowest BCUT2D eigenvalue weighted by Gasteiger charge is -2.24. The van der Waals surface area contributed by atoms with Crippen molar-refractivity contribution < 1.29 is 33.8 Å². The molecule has 1 aromatic rings. The number of carbonyl (C=O) groups is 4. The summed E-state index contributed by atoms with van der Waals surface area (Å²) in [6.45, 7) is 10.7. The molecule has 1 rings (SSSR count). The van der Waals surface area contributed by atoms with E-state index in [2.05, 4.69) is 16.0 Å². The van der Waals surface area contributed by atoms with Gasteiger partial charge in [-0.25, -0.2) is 14.4 Å². The second-order valence-electron chi connectivity index (χ2n) is 10.2. The maximum atomic E-state index is 13.0. The van der Waals surface area contributed by atoms with Crippen molar-refractivity contribution in [2.24, 2.45) is 0 Å². The van der Waals surface area contributed by atoms with Crippen molar-refractivity contribution in [2.75, 3.05) is 6.54 Å². The molecule has 196 valence electrons. The van der Waals surface area contributed by atoms with Crippen LogP contribution >= 0.6 is 0 Å². The van der Waals surface area contributed by atoms with Gasteiger partial charge in [0.05, 0.1) is 0 Å². The van der Waals surface area contributed by atoms with E-state index in [-0.39, 0.29) is 12.8 Å². The Bertz CT molecular complexity index is 845. The summed E-state index contributed by atoms with van der Waals surface area (Å²) in [5.74, 6) is -1.81.